The van der Waals surface area contributed by atoms with Gasteiger partial charge in [-0.2, -0.15) is 0 Å². The number of hydrogen-bond acceptors (Lipinski definition) is 4. The first-order valence-electron chi connectivity index (χ1n) is 10.6. The van der Waals surface area contributed by atoms with E-state index >= 15 is 0 Å². The standard InChI is InChI=1S/C29H21BrO4/c1-33-28-19-20(8-18-27(28)34-29(32)24-13-15-25(30)16-14-24)7-17-26(31)23-11-9-22(10-12-23)21-5-3-2-4-6-21/h2-19H,1H3/b17-7+. The predicted molar refractivity (Wildman–Crippen MR) is 137 cm³/mol. The van der Waals surface area contributed by atoms with Crippen molar-refractivity contribution < 1.29 is 19.1 Å². The van der Waals surface area contributed by atoms with Crippen LogP contribution in [0.5, 0.6) is 11.5 Å². The number of benzene rings is 4. The molecule has 0 atom stereocenters. The molecule has 0 aromatic heterocycles. The monoisotopic (exact) mass is 512 g/mol. The van der Waals surface area contributed by atoms with Gasteiger partial charge in [0.15, 0.2) is 17.3 Å². The molecule has 0 radical (unpaired) electrons. The molecule has 5 heteroatoms. The molecule has 4 aromatic carbocycles. The second kappa shape index (κ2) is 10.8. The summed E-state index contributed by atoms with van der Waals surface area (Å²) in [5, 5.41) is 0. The number of rotatable bonds is 7. The SMILES string of the molecule is COc1cc(/C=C/C(=O)c2ccc(-c3ccccc3)cc2)ccc1OC(=O)c1ccc(Br)cc1. The van der Waals surface area contributed by atoms with Gasteiger partial charge in [-0.1, -0.05) is 82.7 Å². The van der Waals surface area contributed by atoms with Crippen molar-refractivity contribution >= 4 is 33.8 Å². The van der Waals surface area contributed by atoms with Crippen LogP contribution in [0.2, 0.25) is 0 Å². The van der Waals surface area contributed by atoms with Crippen LogP contribution in [0.1, 0.15) is 26.3 Å². The van der Waals surface area contributed by atoms with E-state index in [4.69, 9.17) is 9.47 Å². The van der Waals surface area contributed by atoms with Crippen LogP contribution in [0.4, 0.5) is 0 Å². The Bertz CT molecular complexity index is 1330. The maximum absolute atomic E-state index is 12.6. The molecule has 0 spiro atoms. The Balaban J connectivity index is 1.45. The topological polar surface area (TPSA) is 52.6 Å². The maximum Gasteiger partial charge on any atom is 0.343 e. The molecule has 0 heterocycles. The first kappa shape index (κ1) is 23.2. The van der Waals surface area contributed by atoms with Gasteiger partial charge >= 0.3 is 5.97 Å². The number of methoxy groups -OCH3 is 1. The summed E-state index contributed by atoms with van der Waals surface area (Å²) >= 11 is 3.34. The fourth-order valence-corrected chi connectivity index (χ4v) is 3.61. The number of hydrogen-bond donors (Lipinski definition) is 0. The minimum atomic E-state index is -0.483. The Morgan fingerprint density at radius 1 is 0.735 bits per heavy atom. The van der Waals surface area contributed by atoms with Crippen molar-refractivity contribution in [3.63, 3.8) is 0 Å². The summed E-state index contributed by atoms with van der Waals surface area (Å²) in [7, 11) is 1.50. The van der Waals surface area contributed by atoms with E-state index in [0.717, 1.165) is 21.2 Å². The van der Waals surface area contributed by atoms with Crippen molar-refractivity contribution in [2.24, 2.45) is 0 Å². The summed E-state index contributed by atoms with van der Waals surface area (Å²) in [5.74, 6) is 0.107. The van der Waals surface area contributed by atoms with Gasteiger partial charge in [-0.05, 0) is 59.2 Å². The zero-order chi connectivity index (χ0) is 23.9. The molecule has 0 fully saturated rings. The van der Waals surface area contributed by atoms with Crippen LogP contribution in [0.15, 0.2) is 108 Å². The molecule has 0 bridgehead atoms. The normalized spacial score (nSPS) is 10.8. The summed E-state index contributed by atoms with van der Waals surface area (Å²) in [4.78, 5) is 25.0. The fourth-order valence-electron chi connectivity index (χ4n) is 3.34. The molecule has 0 aliphatic carbocycles. The van der Waals surface area contributed by atoms with Gasteiger partial charge in [-0.25, -0.2) is 4.79 Å². The third-order valence-corrected chi connectivity index (χ3v) is 5.70. The highest BCUT2D eigenvalue weighted by molar-refractivity contribution is 9.10. The van der Waals surface area contributed by atoms with E-state index in [2.05, 4.69) is 15.9 Å². The quantitative estimate of drug-likeness (QED) is 0.113. The lowest BCUT2D eigenvalue weighted by atomic mass is 10.0. The summed E-state index contributed by atoms with van der Waals surface area (Å²) in [5.41, 5.74) is 3.93. The minimum Gasteiger partial charge on any atom is -0.493 e. The van der Waals surface area contributed by atoms with Crippen molar-refractivity contribution in [1.82, 2.24) is 0 Å². The average molecular weight is 513 g/mol. The second-order valence-corrected chi connectivity index (χ2v) is 8.36. The minimum absolute atomic E-state index is 0.107. The van der Waals surface area contributed by atoms with Crippen molar-refractivity contribution in [2.45, 2.75) is 0 Å². The highest BCUT2D eigenvalue weighted by Gasteiger charge is 2.13. The Kier molecular flexibility index (Phi) is 7.35. The first-order valence-corrected chi connectivity index (χ1v) is 11.4. The molecule has 0 saturated carbocycles. The van der Waals surface area contributed by atoms with Gasteiger partial charge in [-0.15, -0.1) is 0 Å². The summed E-state index contributed by atoms with van der Waals surface area (Å²) in [6, 6.07) is 29.5. The Morgan fingerprint density at radius 2 is 1.38 bits per heavy atom. The van der Waals surface area contributed by atoms with Gasteiger partial charge in [0.2, 0.25) is 0 Å². The van der Waals surface area contributed by atoms with Crippen LogP contribution in [-0.4, -0.2) is 18.9 Å². The Labute approximate surface area is 206 Å². The lowest BCUT2D eigenvalue weighted by Crippen LogP contribution is -2.09. The highest BCUT2D eigenvalue weighted by atomic mass is 79.9. The zero-order valence-corrected chi connectivity index (χ0v) is 20.0. The highest BCUT2D eigenvalue weighted by Crippen LogP contribution is 2.29. The number of esters is 1. The smallest absolute Gasteiger partial charge is 0.343 e. The van der Waals surface area contributed by atoms with E-state index in [1.807, 2.05) is 54.6 Å². The van der Waals surface area contributed by atoms with Crippen molar-refractivity contribution in [2.75, 3.05) is 7.11 Å². The number of allylic oxidation sites excluding steroid dienone is 1. The third-order valence-electron chi connectivity index (χ3n) is 5.17. The van der Waals surface area contributed by atoms with Gasteiger partial charge < -0.3 is 9.47 Å². The number of carbonyl (C=O) groups is 2. The molecule has 0 aliphatic heterocycles. The van der Waals surface area contributed by atoms with Crippen molar-refractivity contribution in [3.05, 3.63) is 124 Å². The van der Waals surface area contributed by atoms with Crippen LogP contribution in [0.25, 0.3) is 17.2 Å². The molecule has 0 N–H and O–H groups in total. The van der Waals surface area contributed by atoms with Gasteiger partial charge in [0, 0.05) is 10.0 Å². The van der Waals surface area contributed by atoms with Crippen LogP contribution in [-0.2, 0) is 0 Å². The molecular weight excluding hydrogens is 492 g/mol. The number of ketones is 1. The lowest BCUT2D eigenvalue weighted by Gasteiger charge is -2.10. The second-order valence-electron chi connectivity index (χ2n) is 7.45. The summed E-state index contributed by atoms with van der Waals surface area (Å²) < 4.78 is 11.7. The van der Waals surface area contributed by atoms with Crippen LogP contribution in [0, 0.1) is 0 Å². The lowest BCUT2D eigenvalue weighted by molar-refractivity contribution is 0.0729. The third kappa shape index (κ3) is 5.69. The molecular formula is C29H21BrO4. The van der Waals surface area contributed by atoms with Gasteiger partial charge in [-0.3, -0.25) is 4.79 Å². The van der Waals surface area contributed by atoms with E-state index in [0.29, 0.717) is 22.6 Å². The summed E-state index contributed by atoms with van der Waals surface area (Å²) in [6.07, 6.45) is 3.22. The van der Waals surface area contributed by atoms with Crippen molar-refractivity contribution in [1.29, 1.82) is 0 Å². The molecule has 0 amide bonds. The molecule has 4 rings (SSSR count). The first-order chi connectivity index (χ1) is 16.5. The van der Waals surface area contributed by atoms with E-state index in [-0.39, 0.29) is 5.78 Å². The van der Waals surface area contributed by atoms with E-state index in [9.17, 15) is 9.59 Å². The molecule has 0 unspecified atom stereocenters. The largest absolute Gasteiger partial charge is 0.493 e. The van der Waals surface area contributed by atoms with Gasteiger partial charge in [0.05, 0.1) is 12.7 Å². The van der Waals surface area contributed by atoms with E-state index < -0.39 is 5.97 Å². The molecule has 0 saturated heterocycles. The number of carbonyl (C=O) groups excluding carboxylic acids is 2. The van der Waals surface area contributed by atoms with Gasteiger partial charge in [0.25, 0.3) is 0 Å². The maximum atomic E-state index is 12.6. The number of ether oxygens (including phenoxy) is 2. The van der Waals surface area contributed by atoms with Crippen LogP contribution >= 0.6 is 15.9 Å². The molecule has 34 heavy (non-hydrogen) atoms. The van der Waals surface area contributed by atoms with E-state index in [1.54, 1.807) is 48.5 Å². The fraction of sp³-hybridized carbons (Fsp3) is 0.0345. The molecule has 4 nitrogen and oxygen atoms in total. The molecule has 0 aliphatic rings. The van der Waals surface area contributed by atoms with E-state index in [1.165, 1.54) is 13.2 Å². The predicted octanol–water partition coefficient (Wildman–Crippen LogP) is 7.24. The van der Waals surface area contributed by atoms with Crippen LogP contribution < -0.4 is 9.47 Å². The van der Waals surface area contributed by atoms with Gasteiger partial charge in [0.1, 0.15) is 0 Å². The van der Waals surface area contributed by atoms with Crippen molar-refractivity contribution in [3.8, 4) is 22.6 Å². The molecule has 4 aromatic rings. The Hall–Kier alpha value is -3.96. The molecule has 168 valence electrons. The Morgan fingerprint density at radius 3 is 2.06 bits per heavy atom. The summed E-state index contributed by atoms with van der Waals surface area (Å²) in [6.45, 7) is 0. The average Bonchev–Trinajstić information content (AvgIpc) is 2.88. The number of halogens is 1. The zero-order valence-electron chi connectivity index (χ0n) is 18.4. The van der Waals surface area contributed by atoms with Crippen LogP contribution in [0.3, 0.4) is 0 Å².